The highest BCUT2D eigenvalue weighted by molar-refractivity contribution is 6.05. The van der Waals surface area contributed by atoms with Crippen molar-refractivity contribution in [1.82, 2.24) is 4.90 Å². The van der Waals surface area contributed by atoms with Gasteiger partial charge >= 0.3 is 6.03 Å². The van der Waals surface area contributed by atoms with Crippen LogP contribution in [0.3, 0.4) is 0 Å². The zero-order chi connectivity index (χ0) is 9.97. The van der Waals surface area contributed by atoms with E-state index in [1.165, 1.54) is 6.42 Å². The molecule has 2 heterocycles. The number of rotatable bonds is 0. The molecule has 0 aromatic carbocycles. The first kappa shape index (κ1) is 9.05. The maximum atomic E-state index is 10.9. The Morgan fingerprint density at radius 1 is 1.14 bits per heavy atom. The normalized spacial score (nSPS) is 22.6. The maximum absolute atomic E-state index is 10.9. The van der Waals surface area contributed by atoms with Crippen LogP contribution in [-0.2, 0) is 0 Å². The predicted octanol–water partition coefficient (Wildman–Crippen LogP) is 1.97. The monoisotopic (exact) mass is 192 g/mol. The molecule has 0 aromatic rings. The highest BCUT2D eigenvalue weighted by atomic mass is 16.2. The summed E-state index contributed by atoms with van der Waals surface area (Å²) >= 11 is 0. The maximum Gasteiger partial charge on any atom is 0.387 e. The fourth-order valence-corrected chi connectivity index (χ4v) is 1.68. The lowest BCUT2D eigenvalue weighted by atomic mass is 10.1. The van der Waals surface area contributed by atoms with E-state index in [1.807, 2.05) is 0 Å². The summed E-state index contributed by atoms with van der Waals surface area (Å²) in [4.78, 5) is 16.8. The van der Waals surface area contributed by atoms with E-state index >= 15 is 0 Å². The second-order valence-corrected chi connectivity index (χ2v) is 3.41. The van der Waals surface area contributed by atoms with Crippen LogP contribution in [0.15, 0.2) is 27.5 Å². The number of hydrogen-bond donors (Lipinski definition) is 0. The lowest BCUT2D eigenvalue weighted by Gasteiger charge is -2.29. The topological polar surface area (TPSA) is 57.4 Å². The van der Waals surface area contributed by atoms with Gasteiger partial charge in [-0.2, -0.15) is 4.99 Å². The molecule has 0 radical (unpaired) electrons. The molecule has 2 amide bonds. The molecule has 14 heavy (non-hydrogen) atoms. The summed E-state index contributed by atoms with van der Waals surface area (Å²) in [6.45, 7) is 5.58. The van der Waals surface area contributed by atoms with Crippen molar-refractivity contribution in [3.8, 4) is 0 Å². The van der Waals surface area contributed by atoms with Crippen molar-refractivity contribution in [3.05, 3.63) is 12.3 Å². The molecule has 0 aromatic heterocycles. The molecule has 0 N–H and O–H groups in total. The lowest BCUT2D eigenvalue weighted by molar-refractivity contribution is 0.254. The molecular formula is C9H12N4O. The minimum absolute atomic E-state index is 0.492. The second-order valence-electron chi connectivity index (χ2n) is 3.41. The number of amidine groups is 1. The van der Waals surface area contributed by atoms with Gasteiger partial charge in [-0.1, -0.05) is 11.7 Å². The summed E-state index contributed by atoms with van der Waals surface area (Å²) in [7, 11) is 0. The average molecular weight is 192 g/mol. The Morgan fingerprint density at radius 3 is 2.57 bits per heavy atom. The molecule has 74 valence electrons. The summed E-state index contributed by atoms with van der Waals surface area (Å²) in [5, 5.41) is 7.00. The van der Waals surface area contributed by atoms with E-state index in [0.717, 1.165) is 25.9 Å². The molecule has 5 heteroatoms. The number of nitrogens with zero attached hydrogens (tertiary/aromatic N) is 4. The van der Waals surface area contributed by atoms with E-state index in [-0.39, 0.29) is 0 Å². The third kappa shape index (κ3) is 1.71. The zero-order valence-corrected chi connectivity index (χ0v) is 7.94. The van der Waals surface area contributed by atoms with Gasteiger partial charge in [-0.05, 0) is 19.3 Å². The molecule has 2 rings (SSSR count). The third-order valence-corrected chi connectivity index (χ3v) is 2.37. The smallest absolute Gasteiger partial charge is 0.355 e. The molecule has 0 atom stereocenters. The molecule has 2 aliphatic heterocycles. The molecule has 1 fully saturated rings. The Balaban J connectivity index is 2.15. The van der Waals surface area contributed by atoms with Crippen molar-refractivity contribution >= 4 is 11.9 Å². The Hall–Kier alpha value is -1.52. The second kappa shape index (κ2) is 3.69. The van der Waals surface area contributed by atoms with Gasteiger partial charge < -0.3 is 4.90 Å². The number of carbonyl (C=O) groups excluding carboxylic acids is 1. The molecule has 0 spiro atoms. The van der Waals surface area contributed by atoms with Crippen molar-refractivity contribution in [2.75, 3.05) is 13.1 Å². The Morgan fingerprint density at radius 2 is 1.86 bits per heavy atom. The van der Waals surface area contributed by atoms with Crippen LogP contribution in [0.1, 0.15) is 19.3 Å². The number of aliphatic imine (C=N–C) groups is 1. The summed E-state index contributed by atoms with van der Waals surface area (Å²) < 4.78 is 0. The first-order chi connectivity index (χ1) is 6.77. The number of likely N-dealkylation sites (tertiary alicyclic amines) is 1. The van der Waals surface area contributed by atoms with Crippen LogP contribution in [0, 0.1) is 0 Å². The van der Waals surface area contributed by atoms with Crippen LogP contribution >= 0.6 is 0 Å². The Kier molecular flexibility index (Phi) is 2.39. The quantitative estimate of drug-likeness (QED) is 0.589. The zero-order valence-electron chi connectivity index (χ0n) is 7.94. The van der Waals surface area contributed by atoms with Crippen molar-refractivity contribution in [3.63, 3.8) is 0 Å². The third-order valence-electron chi connectivity index (χ3n) is 2.37. The first-order valence-electron chi connectivity index (χ1n) is 4.76. The van der Waals surface area contributed by atoms with Crippen LogP contribution in [0.5, 0.6) is 0 Å². The van der Waals surface area contributed by atoms with Gasteiger partial charge in [0.05, 0.1) is 0 Å². The standard InChI is InChI=1S/C9H12N4O/c1-7-8(10-9(14)12-11-7)13-5-3-2-4-6-13/h1-6H2. The SMILES string of the molecule is C=C1N=NC(=O)N=C1N1CCCCC1. The molecule has 0 unspecified atom stereocenters. The van der Waals surface area contributed by atoms with Crippen molar-refractivity contribution in [2.45, 2.75) is 19.3 Å². The fourth-order valence-electron chi connectivity index (χ4n) is 1.68. The first-order valence-corrected chi connectivity index (χ1v) is 4.76. The molecule has 5 nitrogen and oxygen atoms in total. The molecule has 0 saturated carbocycles. The van der Waals surface area contributed by atoms with Gasteiger partial charge in [0.1, 0.15) is 5.70 Å². The molecule has 0 aliphatic carbocycles. The highest BCUT2D eigenvalue weighted by Crippen LogP contribution is 2.16. The van der Waals surface area contributed by atoms with Crippen LogP contribution in [0.4, 0.5) is 4.79 Å². The minimum atomic E-state index is -0.530. The lowest BCUT2D eigenvalue weighted by Crippen LogP contribution is -2.37. The molecule has 0 bridgehead atoms. The van der Waals surface area contributed by atoms with E-state index < -0.39 is 6.03 Å². The van der Waals surface area contributed by atoms with Gasteiger partial charge in [0.2, 0.25) is 0 Å². The summed E-state index contributed by atoms with van der Waals surface area (Å²) in [6.07, 6.45) is 3.51. The Labute approximate surface area is 82.2 Å². The largest absolute Gasteiger partial charge is 0.387 e. The van der Waals surface area contributed by atoms with Gasteiger partial charge in [0, 0.05) is 13.1 Å². The van der Waals surface area contributed by atoms with E-state index in [4.69, 9.17) is 0 Å². The van der Waals surface area contributed by atoms with Gasteiger partial charge in [0.25, 0.3) is 0 Å². The summed E-state index contributed by atoms with van der Waals surface area (Å²) in [5.41, 5.74) is 0.492. The van der Waals surface area contributed by atoms with Crippen LogP contribution in [0.2, 0.25) is 0 Å². The van der Waals surface area contributed by atoms with Gasteiger partial charge in [-0.15, -0.1) is 5.11 Å². The number of urea groups is 1. The van der Waals surface area contributed by atoms with Gasteiger partial charge in [-0.3, -0.25) is 0 Å². The fraction of sp³-hybridized carbons (Fsp3) is 0.556. The number of carbonyl (C=O) groups is 1. The average Bonchev–Trinajstić information content (AvgIpc) is 2.23. The van der Waals surface area contributed by atoms with E-state index in [2.05, 4.69) is 26.7 Å². The van der Waals surface area contributed by atoms with Crippen molar-refractivity contribution < 1.29 is 4.79 Å². The Bertz CT molecular complexity index is 326. The molecular weight excluding hydrogens is 180 g/mol. The van der Waals surface area contributed by atoms with E-state index in [9.17, 15) is 4.79 Å². The van der Waals surface area contributed by atoms with Crippen molar-refractivity contribution in [1.29, 1.82) is 0 Å². The number of hydrogen-bond acceptors (Lipinski definition) is 3. The highest BCUT2D eigenvalue weighted by Gasteiger charge is 2.21. The van der Waals surface area contributed by atoms with Gasteiger partial charge in [0.15, 0.2) is 5.84 Å². The number of piperidine rings is 1. The number of azo groups is 1. The molecule has 1 saturated heterocycles. The van der Waals surface area contributed by atoms with Crippen LogP contribution < -0.4 is 0 Å². The molecule has 2 aliphatic rings. The summed E-state index contributed by atoms with van der Waals surface area (Å²) in [5.74, 6) is 0.602. The van der Waals surface area contributed by atoms with Crippen molar-refractivity contribution in [2.24, 2.45) is 15.2 Å². The predicted molar refractivity (Wildman–Crippen MR) is 52.3 cm³/mol. The minimum Gasteiger partial charge on any atom is -0.355 e. The van der Waals surface area contributed by atoms with Gasteiger partial charge in [-0.25, -0.2) is 4.79 Å². The van der Waals surface area contributed by atoms with E-state index in [0.29, 0.717) is 11.5 Å². The van der Waals surface area contributed by atoms with Crippen LogP contribution in [-0.4, -0.2) is 29.9 Å². The van der Waals surface area contributed by atoms with E-state index in [1.54, 1.807) is 0 Å². The summed E-state index contributed by atoms with van der Waals surface area (Å²) in [6, 6.07) is -0.530. The van der Waals surface area contributed by atoms with Crippen LogP contribution in [0.25, 0.3) is 0 Å². The number of amides is 2.